The van der Waals surface area contributed by atoms with E-state index in [2.05, 4.69) is 20.3 Å². The fourth-order valence-corrected chi connectivity index (χ4v) is 0.442. The molecule has 13 heavy (non-hydrogen) atoms. The van der Waals surface area contributed by atoms with E-state index < -0.39 is 5.97 Å². The van der Waals surface area contributed by atoms with Gasteiger partial charge in [0.15, 0.2) is 0 Å². The summed E-state index contributed by atoms with van der Waals surface area (Å²) < 4.78 is 4.38. The molecule has 0 aromatic heterocycles. The Morgan fingerprint density at radius 2 is 2.31 bits per heavy atom. The summed E-state index contributed by atoms with van der Waals surface area (Å²) in [6, 6.07) is 0.0195. The zero-order valence-electron chi connectivity index (χ0n) is 7.85. The third-order valence-corrected chi connectivity index (χ3v) is 0.824. The number of carbonyl (C=O) groups excluding carboxylic acids is 1. The summed E-state index contributed by atoms with van der Waals surface area (Å²) in [5.41, 5.74) is 2.49. The van der Waals surface area contributed by atoms with E-state index in [1.165, 1.54) is 6.92 Å². The van der Waals surface area contributed by atoms with Crippen molar-refractivity contribution in [3.05, 3.63) is 0 Å². The minimum absolute atomic E-state index is 0.0195. The quantitative estimate of drug-likeness (QED) is 0.162. The molecule has 7 nitrogen and oxygen atoms in total. The summed E-state index contributed by atoms with van der Waals surface area (Å²) >= 11 is 0. The Labute approximate surface area is 75.8 Å². The van der Waals surface area contributed by atoms with E-state index in [-0.39, 0.29) is 12.8 Å². The van der Waals surface area contributed by atoms with Crippen molar-refractivity contribution in [2.75, 3.05) is 6.79 Å². The summed E-state index contributed by atoms with van der Waals surface area (Å²) in [7, 11) is 0. The number of hydrazine groups is 1. The van der Waals surface area contributed by atoms with Crippen LogP contribution in [0.1, 0.15) is 20.8 Å². The number of carbonyl (C=O) groups is 1. The second-order valence-electron chi connectivity index (χ2n) is 2.54. The molecule has 76 valence electrons. The molecule has 7 heteroatoms. The van der Waals surface area contributed by atoms with Gasteiger partial charge in [0, 0.05) is 6.92 Å². The van der Waals surface area contributed by atoms with Gasteiger partial charge in [-0.2, -0.15) is 0 Å². The highest BCUT2D eigenvalue weighted by molar-refractivity contribution is 5.65. The van der Waals surface area contributed by atoms with Gasteiger partial charge in [-0.15, -0.1) is 5.43 Å². The minimum Gasteiger partial charge on any atom is -0.426 e. The third-order valence-electron chi connectivity index (χ3n) is 0.824. The molecule has 0 unspecified atom stereocenters. The van der Waals surface area contributed by atoms with Crippen LogP contribution < -0.4 is 5.43 Å². The first-order valence-electron chi connectivity index (χ1n) is 3.74. The monoisotopic (exact) mass is 192 g/mol. The van der Waals surface area contributed by atoms with Gasteiger partial charge in [0.2, 0.25) is 0 Å². The molecule has 0 aromatic carbocycles. The van der Waals surface area contributed by atoms with Gasteiger partial charge in [-0.25, -0.2) is 5.21 Å². The van der Waals surface area contributed by atoms with Gasteiger partial charge in [0.1, 0.15) is 0 Å². The van der Waals surface area contributed by atoms with Gasteiger partial charge in [-0.05, 0) is 13.8 Å². The van der Waals surface area contributed by atoms with Crippen molar-refractivity contribution >= 4 is 5.97 Å². The van der Waals surface area contributed by atoms with Gasteiger partial charge < -0.3 is 4.74 Å². The predicted octanol–water partition coefficient (Wildman–Crippen LogP) is 0.205. The highest BCUT2D eigenvalue weighted by Crippen LogP contribution is 1.82. The van der Waals surface area contributed by atoms with Crippen molar-refractivity contribution in [2.45, 2.75) is 26.8 Å². The zero-order chi connectivity index (χ0) is 10.3. The van der Waals surface area contributed by atoms with Crippen LogP contribution >= 0.6 is 0 Å². The van der Waals surface area contributed by atoms with Crippen LogP contribution in [0, 0.1) is 0 Å². The smallest absolute Gasteiger partial charge is 0.305 e. The first-order chi connectivity index (χ1) is 6.02. The van der Waals surface area contributed by atoms with Gasteiger partial charge >= 0.3 is 5.97 Å². The molecule has 0 atom stereocenters. The molecule has 0 fully saturated rings. The van der Waals surface area contributed by atoms with Gasteiger partial charge in [0.25, 0.3) is 17.0 Å². The maximum absolute atomic E-state index is 10.2. The van der Waals surface area contributed by atoms with Crippen LogP contribution in [-0.4, -0.2) is 29.0 Å². The maximum atomic E-state index is 10.2. The van der Waals surface area contributed by atoms with E-state index in [4.69, 9.17) is 5.21 Å². The van der Waals surface area contributed by atoms with E-state index in [1.54, 1.807) is 0 Å². The van der Waals surface area contributed by atoms with Gasteiger partial charge in [-0.1, -0.05) is 0 Å². The van der Waals surface area contributed by atoms with Crippen LogP contribution in [0.2, 0.25) is 0 Å². The second-order valence-corrected chi connectivity index (χ2v) is 2.54. The van der Waals surface area contributed by atoms with Crippen LogP contribution in [-0.2, 0) is 14.4 Å². The number of ether oxygens (including phenoxy) is 1. The molecular weight excluding hydrogens is 178 g/mol. The predicted molar refractivity (Wildman–Crippen MR) is 40.5 cm³/mol. The number of nitrogens with one attached hydrogen (secondary N) is 1. The standard InChI is InChI=1S/C6H14N3O4/c1-5(2)7-9(11)8-13-4-12-6(3)10/h5H,4H2,1-3H3,(H2,7,8,11)/q+1. The van der Waals surface area contributed by atoms with Crippen molar-refractivity contribution in [3.63, 3.8) is 0 Å². The molecule has 0 saturated heterocycles. The number of esters is 1. The van der Waals surface area contributed by atoms with Crippen molar-refractivity contribution in [1.29, 1.82) is 0 Å². The van der Waals surface area contributed by atoms with Gasteiger partial charge in [-0.3, -0.25) is 9.63 Å². The molecule has 0 amide bonds. The van der Waals surface area contributed by atoms with Crippen LogP contribution in [0.4, 0.5) is 0 Å². The Balaban J connectivity index is 3.53. The number of hydrogen-bond donors (Lipinski definition) is 2. The first kappa shape index (κ1) is 11.5. The fraction of sp³-hybridized carbons (Fsp3) is 0.833. The third kappa shape index (κ3) is 8.38. The summed E-state index contributed by atoms with van der Waals surface area (Å²) in [6.07, 6.45) is 0. The molecule has 0 bridgehead atoms. The highest BCUT2D eigenvalue weighted by atomic mass is 16.8. The summed E-state index contributed by atoms with van der Waals surface area (Å²) in [4.78, 5) is 15.0. The normalized spacial score (nSPS) is 11.2. The van der Waals surface area contributed by atoms with Crippen molar-refractivity contribution in [2.24, 2.45) is 5.28 Å². The van der Waals surface area contributed by atoms with Gasteiger partial charge in [0.05, 0.1) is 6.04 Å². The van der Waals surface area contributed by atoms with Crippen LogP contribution in [0.3, 0.4) is 0 Å². The Bertz CT molecular complexity index is 192. The van der Waals surface area contributed by atoms with E-state index >= 15 is 0 Å². The average molecular weight is 192 g/mol. The van der Waals surface area contributed by atoms with Crippen LogP contribution in [0.5, 0.6) is 0 Å². The van der Waals surface area contributed by atoms with E-state index in [1.807, 2.05) is 13.8 Å². The second kappa shape index (κ2) is 6.04. The lowest BCUT2D eigenvalue weighted by Gasteiger charge is -1.97. The Morgan fingerprint density at radius 1 is 1.69 bits per heavy atom. The lowest BCUT2D eigenvalue weighted by molar-refractivity contribution is -0.879. The first-order valence-corrected chi connectivity index (χ1v) is 3.74. The molecule has 0 aliphatic heterocycles. The molecule has 0 radical (unpaired) electrons. The highest BCUT2D eigenvalue weighted by Gasteiger charge is 2.05. The summed E-state index contributed by atoms with van der Waals surface area (Å²) in [5.74, 6) is -0.475. The van der Waals surface area contributed by atoms with E-state index in [0.717, 1.165) is 0 Å². The molecule has 0 aromatic rings. The van der Waals surface area contributed by atoms with Crippen LogP contribution in [0.15, 0.2) is 5.28 Å². The molecule has 0 saturated carbocycles. The number of rotatable bonds is 5. The zero-order valence-corrected chi connectivity index (χ0v) is 7.85. The lowest BCUT2D eigenvalue weighted by Crippen LogP contribution is -2.31. The molecule has 0 spiro atoms. The lowest BCUT2D eigenvalue weighted by atomic mass is 10.4. The van der Waals surface area contributed by atoms with Crippen molar-refractivity contribution in [1.82, 2.24) is 5.43 Å². The Morgan fingerprint density at radius 3 is 2.77 bits per heavy atom. The van der Waals surface area contributed by atoms with Crippen LogP contribution in [0.25, 0.3) is 0 Å². The number of hydrogen-bond acceptors (Lipinski definition) is 4. The minimum atomic E-state index is -0.475. The van der Waals surface area contributed by atoms with E-state index in [9.17, 15) is 4.79 Å². The molecular formula is C6H14N3O4+. The topological polar surface area (TPSA) is 83.2 Å². The Kier molecular flexibility index (Phi) is 5.33. The summed E-state index contributed by atoms with van der Waals surface area (Å²) in [5, 5.41) is 12.0. The van der Waals surface area contributed by atoms with E-state index in [0.29, 0.717) is 4.97 Å². The molecule has 2 N–H and O–H groups in total. The van der Waals surface area contributed by atoms with Crippen molar-refractivity contribution < 1.29 is 24.5 Å². The molecule has 0 aliphatic carbocycles. The maximum Gasteiger partial charge on any atom is 0.305 e. The molecule has 0 aliphatic rings. The molecule has 0 heterocycles. The SMILES string of the molecule is CC(=O)OCO/N=[N+](\O)NC(C)C. The largest absolute Gasteiger partial charge is 0.426 e. The summed E-state index contributed by atoms with van der Waals surface area (Å²) in [6.45, 7) is 4.54. The fourth-order valence-electron chi connectivity index (χ4n) is 0.442. The molecule has 0 rings (SSSR count). The van der Waals surface area contributed by atoms with Crippen molar-refractivity contribution in [3.8, 4) is 0 Å². The Hall–Kier alpha value is -1.53. The number of nitrogens with zero attached hydrogens (tertiary/aromatic N) is 2. The average Bonchev–Trinajstić information content (AvgIpc) is 1.96.